The lowest BCUT2D eigenvalue weighted by atomic mass is 9.89. The molecule has 2 nitrogen and oxygen atoms in total. The van der Waals surface area contributed by atoms with Crippen LogP contribution in [0.15, 0.2) is 18.2 Å². The first-order valence-electron chi connectivity index (χ1n) is 7.82. The number of nitrogens with two attached hydrogens (primary N) is 1. The summed E-state index contributed by atoms with van der Waals surface area (Å²) in [5.41, 5.74) is 7.63. The molecule has 1 aromatic carbocycles. The molecule has 0 spiro atoms. The molecule has 0 heterocycles. The predicted octanol–water partition coefficient (Wildman–Crippen LogP) is 3.73. The smallest absolute Gasteiger partial charge is 0.128 e. The van der Waals surface area contributed by atoms with Crippen molar-refractivity contribution in [1.29, 1.82) is 0 Å². The van der Waals surface area contributed by atoms with E-state index in [0.717, 1.165) is 23.7 Å². The number of halogens is 1. The van der Waals surface area contributed by atoms with Gasteiger partial charge in [-0.25, -0.2) is 4.39 Å². The Morgan fingerprint density at radius 2 is 2.00 bits per heavy atom. The van der Waals surface area contributed by atoms with Crippen LogP contribution in [-0.2, 0) is 6.42 Å². The van der Waals surface area contributed by atoms with Crippen molar-refractivity contribution >= 4 is 5.69 Å². The summed E-state index contributed by atoms with van der Waals surface area (Å²) in [4.78, 5) is 2.22. The quantitative estimate of drug-likeness (QED) is 0.889. The van der Waals surface area contributed by atoms with Crippen LogP contribution in [0.1, 0.15) is 44.6 Å². The Balaban J connectivity index is 2.11. The van der Waals surface area contributed by atoms with Crippen molar-refractivity contribution < 1.29 is 4.39 Å². The summed E-state index contributed by atoms with van der Waals surface area (Å²) in [6.45, 7) is 2.95. The summed E-state index contributed by atoms with van der Waals surface area (Å²) in [5.74, 6) is 0.621. The molecule has 1 aliphatic carbocycles. The minimum absolute atomic E-state index is 0.0197. The second-order valence-electron chi connectivity index (χ2n) is 6.30. The van der Waals surface area contributed by atoms with Crippen LogP contribution < -0.4 is 10.6 Å². The van der Waals surface area contributed by atoms with E-state index in [4.69, 9.17) is 5.73 Å². The maximum atomic E-state index is 14.1. The largest absolute Gasteiger partial charge is 0.374 e. The number of benzene rings is 1. The van der Waals surface area contributed by atoms with Crippen molar-refractivity contribution in [2.75, 3.05) is 18.5 Å². The zero-order valence-electron chi connectivity index (χ0n) is 12.7. The molecule has 20 heavy (non-hydrogen) atoms. The molecule has 1 unspecified atom stereocenters. The van der Waals surface area contributed by atoms with E-state index in [-0.39, 0.29) is 11.9 Å². The van der Waals surface area contributed by atoms with Crippen molar-refractivity contribution in [1.82, 2.24) is 0 Å². The van der Waals surface area contributed by atoms with Crippen LogP contribution in [0.5, 0.6) is 0 Å². The Labute approximate surface area is 122 Å². The Morgan fingerprint density at radius 3 is 2.65 bits per heavy atom. The fourth-order valence-corrected chi connectivity index (χ4v) is 3.28. The van der Waals surface area contributed by atoms with Gasteiger partial charge < -0.3 is 10.6 Å². The van der Waals surface area contributed by atoms with Crippen LogP contribution in [-0.4, -0.2) is 19.6 Å². The molecule has 3 heteroatoms. The highest BCUT2D eigenvalue weighted by atomic mass is 19.1. The van der Waals surface area contributed by atoms with Gasteiger partial charge in [-0.1, -0.05) is 25.3 Å². The molecule has 0 aliphatic heterocycles. The van der Waals surface area contributed by atoms with Crippen LogP contribution in [0, 0.1) is 11.7 Å². The van der Waals surface area contributed by atoms with Gasteiger partial charge in [-0.15, -0.1) is 0 Å². The molecular weight excluding hydrogens is 251 g/mol. The zero-order chi connectivity index (χ0) is 14.5. The van der Waals surface area contributed by atoms with Gasteiger partial charge in [-0.05, 0) is 44.2 Å². The predicted molar refractivity (Wildman–Crippen MR) is 83.6 cm³/mol. The maximum absolute atomic E-state index is 14.1. The van der Waals surface area contributed by atoms with E-state index in [0.29, 0.717) is 6.42 Å². The van der Waals surface area contributed by atoms with Crippen LogP contribution in [0.2, 0.25) is 0 Å². The monoisotopic (exact) mass is 278 g/mol. The van der Waals surface area contributed by atoms with Gasteiger partial charge in [-0.2, -0.15) is 0 Å². The molecule has 1 atom stereocenters. The van der Waals surface area contributed by atoms with E-state index >= 15 is 0 Å². The second kappa shape index (κ2) is 7.07. The fourth-order valence-electron chi connectivity index (χ4n) is 3.28. The first kappa shape index (κ1) is 15.3. The SMILES string of the molecule is CC(N)Cc1c(F)cccc1N(C)CC1CCCCC1. The van der Waals surface area contributed by atoms with Crippen LogP contribution in [0.4, 0.5) is 10.1 Å². The van der Waals surface area contributed by atoms with Crippen molar-refractivity contribution in [3.05, 3.63) is 29.6 Å². The van der Waals surface area contributed by atoms with Gasteiger partial charge in [0.1, 0.15) is 5.82 Å². The van der Waals surface area contributed by atoms with Crippen molar-refractivity contribution in [3.8, 4) is 0 Å². The van der Waals surface area contributed by atoms with Gasteiger partial charge >= 0.3 is 0 Å². The standard InChI is InChI=1S/C17H27FN2/c1-13(19)11-15-16(18)9-6-10-17(15)20(2)12-14-7-4-3-5-8-14/h6,9-10,13-14H,3-5,7-8,11-12,19H2,1-2H3. The van der Waals surface area contributed by atoms with E-state index in [1.54, 1.807) is 6.07 Å². The molecular formula is C17H27FN2. The average molecular weight is 278 g/mol. The highest BCUT2D eigenvalue weighted by molar-refractivity contribution is 5.54. The minimum Gasteiger partial charge on any atom is -0.374 e. The van der Waals surface area contributed by atoms with Crippen molar-refractivity contribution in [2.24, 2.45) is 11.7 Å². The summed E-state index contributed by atoms with van der Waals surface area (Å²) in [6.07, 6.45) is 7.26. The first-order chi connectivity index (χ1) is 9.58. The Bertz CT molecular complexity index is 425. The average Bonchev–Trinajstić information content (AvgIpc) is 2.41. The third-order valence-electron chi connectivity index (χ3n) is 4.29. The summed E-state index contributed by atoms with van der Waals surface area (Å²) in [7, 11) is 2.08. The molecule has 1 aliphatic rings. The zero-order valence-corrected chi connectivity index (χ0v) is 12.7. The molecule has 2 rings (SSSR count). The molecule has 112 valence electrons. The topological polar surface area (TPSA) is 29.3 Å². The fraction of sp³-hybridized carbons (Fsp3) is 0.647. The van der Waals surface area contributed by atoms with Gasteiger partial charge in [0, 0.05) is 30.9 Å². The lowest BCUT2D eigenvalue weighted by molar-refractivity contribution is 0.362. The number of hydrogen-bond donors (Lipinski definition) is 1. The van der Waals surface area contributed by atoms with Gasteiger partial charge in [0.15, 0.2) is 0 Å². The van der Waals surface area contributed by atoms with Gasteiger partial charge in [0.2, 0.25) is 0 Å². The van der Waals surface area contributed by atoms with Crippen molar-refractivity contribution in [2.45, 2.75) is 51.5 Å². The summed E-state index contributed by atoms with van der Waals surface area (Å²) in [6, 6.07) is 5.33. The van der Waals surface area contributed by atoms with Crippen molar-refractivity contribution in [3.63, 3.8) is 0 Å². The third kappa shape index (κ3) is 3.95. The Morgan fingerprint density at radius 1 is 1.30 bits per heavy atom. The van der Waals surface area contributed by atoms with E-state index in [2.05, 4.69) is 11.9 Å². The lowest BCUT2D eigenvalue weighted by Gasteiger charge is -2.30. The molecule has 2 N–H and O–H groups in total. The number of nitrogens with zero attached hydrogens (tertiary/aromatic N) is 1. The van der Waals surface area contributed by atoms with Crippen LogP contribution in [0.25, 0.3) is 0 Å². The third-order valence-corrected chi connectivity index (χ3v) is 4.29. The van der Waals surface area contributed by atoms with E-state index in [9.17, 15) is 4.39 Å². The van der Waals surface area contributed by atoms with Gasteiger partial charge in [0.25, 0.3) is 0 Å². The van der Waals surface area contributed by atoms with E-state index in [1.807, 2.05) is 13.0 Å². The van der Waals surface area contributed by atoms with E-state index < -0.39 is 0 Å². The molecule has 0 bridgehead atoms. The Hall–Kier alpha value is -1.09. The molecule has 1 saturated carbocycles. The molecule has 1 aromatic rings. The first-order valence-corrected chi connectivity index (χ1v) is 7.82. The van der Waals surface area contributed by atoms with Gasteiger partial charge in [0.05, 0.1) is 0 Å². The number of rotatable bonds is 5. The van der Waals surface area contributed by atoms with Crippen LogP contribution >= 0.6 is 0 Å². The number of anilines is 1. The van der Waals surface area contributed by atoms with Gasteiger partial charge in [-0.3, -0.25) is 0 Å². The molecule has 0 aromatic heterocycles. The summed E-state index contributed by atoms with van der Waals surface area (Å²) >= 11 is 0. The van der Waals surface area contributed by atoms with Crippen LogP contribution in [0.3, 0.4) is 0 Å². The molecule has 1 fully saturated rings. The molecule has 0 radical (unpaired) electrons. The molecule has 0 saturated heterocycles. The second-order valence-corrected chi connectivity index (χ2v) is 6.30. The normalized spacial score (nSPS) is 18.0. The lowest BCUT2D eigenvalue weighted by Crippen LogP contribution is -2.29. The van der Waals surface area contributed by atoms with E-state index in [1.165, 1.54) is 38.2 Å². The highest BCUT2D eigenvalue weighted by Crippen LogP contribution is 2.28. The Kier molecular flexibility index (Phi) is 5.41. The summed E-state index contributed by atoms with van der Waals surface area (Å²) < 4.78 is 14.1. The maximum Gasteiger partial charge on any atom is 0.128 e. The summed E-state index contributed by atoms with van der Waals surface area (Å²) in [5, 5.41) is 0. The highest BCUT2D eigenvalue weighted by Gasteiger charge is 2.18. The minimum atomic E-state index is -0.129. The number of hydrogen-bond acceptors (Lipinski definition) is 2. The molecule has 0 amide bonds.